The van der Waals surface area contributed by atoms with Crippen molar-refractivity contribution in [3.63, 3.8) is 0 Å². The Hall–Kier alpha value is -1.67. The van der Waals surface area contributed by atoms with Crippen LogP contribution in [0.25, 0.3) is 11.0 Å². The van der Waals surface area contributed by atoms with Gasteiger partial charge in [-0.3, -0.25) is 0 Å². The van der Waals surface area contributed by atoms with Crippen LogP contribution >= 0.6 is 12.2 Å². The quantitative estimate of drug-likeness (QED) is 0.673. The third-order valence-corrected chi connectivity index (χ3v) is 2.49. The Kier molecular flexibility index (Phi) is 1.86. The minimum atomic E-state index is -0.528. The number of nitriles is 1. The predicted octanol–water partition coefficient (Wildman–Crippen LogP) is 2.25. The van der Waals surface area contributed by atoms with E-state index in [1.54, 1.807) is 19.2 Å². The number of rotatable bonds is 0. The summed E-state index contributed by atoms with van der Waals surface area (Å²) in [5, 5.41) is 8.64. The molecule has 0 saturated carbocycles. The van der Waals surface area contributed by atoms with E-state index in [4.69, 9.17) is 17.5 Å². The predicted molar refractivity (Wildman–Crippen MR) is 52.8 cm³/mol. The molecule has 0 saturated heterocycles. The van der Waals surface area contributed by atoms with Gasteiger partial charge in [0.15, 0.2) is 10.6 Å². The fourth-order valence-corrected chi connectivity index (χ4v) is 1.58. The van der Waals surface area contributed by atoms with Crippen LogP contribution in [0.5, 0.6) is 0 Å². The lowest BCUT2D eigenvalue weighted by Crippen LogP contribution is -1.92. The molecule has 0 unspecified atom stereocenters. The first-order valence-electron chi connectivity index (χ1n) is 3.92. The standard InChI is InChI=1S/C9H6FN3S/c1-13-8-6(12-9(13)14)3-2-5(4-11)7(8)10/h2-3H,1H3,(H,12,14). The van der Waals surface area contributed by atoms with Crippen LogP contribution in [0.4, 0.5) is 4.39 Å². The molecule has 0 fully saturated rings. The molecule has 5 heteroatoms. The van der Waals surface area contributed by atoms with Crippen LogP contribution in [-0.2, 0) is 7.05 Å². The Morgan fingerprint density at radius 1 is 1.57 bits per heavy atom. The van der Waals surface area contributed by atoms with Crippen LogP contribution in [0.15, 0.2) is 12.1 Å². The molecule has 0 amide bonds. The lowest BCUT2D eigenvalue weighted by atomic mass is 10.2. The van der Waals surface area contributed by atoms with E-state index in [0.29, 0.717) is 15.8 Å². The molecule has 70 valence electrons. The van der Waals surface area contributed by atoms with E-state index >= 15 is 0 Å². The highest BCUT2D eigenvalue weighted by Crippen LogP contribution is 2.19. The van der Waals surface area contributed by atoms with Gasteiger partial charge in [-0.15, -0.1) is 0 Å². The van der Waals surface area contributed by atoms with Gasteiger partial charge in [0.1, 0.15) is 11.6 Å². The second-order valence-electron chi connectivity index (χ2n) is 2.92. The second kappa shape index (κ2) is 2.93. The van der Waals surface area contributed by atoms with E-state index in [-0.39, 0.29) is 5.56 Å². The summed E-state index contributed by atoms with van der Waals surface area (Å²) in [6, 6.07) is 4.87. The molecular formula is C9H6FN3S. The molecule has 3 nitrogen and oxygen atoms in total. The number of imidazole rings is 1. The van der Waals surface area contributed by atoms with Crippen LogP contribution in [-0.4, -0.2) is 9.55 Å². The zero-order valence-corrected chi connectivity index (χ0v) is 8.15. The Balaban J connectivity index is 3.03. The third kappa shape index (κ3) is 1.05. The molecule has 0 aliphatic carbocycles. The molecule has 1 heterocycles. The number of halogens is 1. The van der Waals surface area contributed by atoms with Crippen molar-refractivity contribution in [2.24, 2.45) is 7.05 Å². The molecule has 1 N–H and O–H groups in total. The van der Waals surface area contributed by atoms with Crippen LogP contribution in [0, 0.1) is 21.9 Å². The summed E-state index contributed by atoms with van der Waals surface area (Å²) in [7, 11) is 1.66. The minimum Gasteiger partial charge on any atom is -0.330 e. The average molecular weight is 207 g/mol. The molecule has 1 aromatic carbocycles. The molecule has 0 aliphatic rings. The molecule has 0 bridgehead atoms. The number of nitrogens with zero attached hydrogens (tertiary/aromatic N) is 2. The van der Waals surface area contributed by atoms with Gasteiger partial charge in [0, 0.05) is 7.05 Å². The number of hydrogen-bond donors (Lipinski definition) is 1. The zero-order chi connectivity index (χ0) is 10.3. The molecule has 2 rings (SSSR count). The number of fused-ring (bicyclic) bond motifs is 1. The second-order valence-corrected chi connectivity index (χ2v) is 3.31. The number of aryl methyl sites for hydroxylation is 1. The topological polar surface area (TPSA) is 44.5 Å². The molecule has 2 aromatic rings. The normalized spacial score (nSPS) is 10.4. The molecule has 0 aliphatic heterocycles. The van der Waals surface area contributed by atoms with Gasteiger partial charge in [-0.25, -0.2) is 4.39 Å². The van der Waals surface area contributed by atoms with Crippen molar-refractivity contribution in [3.8, 4) is 6.07 Å². The van der Waals surface area contributed by atoms with Gasteiger partial charge >= 0.3 is 0 Å². The monoisotopic (exact) mass is 207 g/mol. The van der Waals surface area contributed by atoms with E-state index in [0.717, 1.165) is 0 Å². The van der Waals surface area contributed by atoms with Gasteiger partial charge in [0.25, 0.3) is 0 Å². The highest BCUT2D eigenvalue weighted by atomic mass is 32.1. The van der Waals surface area contributed by atoms with Gasteiger partial charge in [0.2, 0.25) is 0 Å². The van der Waals surface area contributed by atoms with E-state index in [1.165, 1.54) is 10.6 Å². The van der Waals surface area contributed by atoms with Crippen LogP contribution in [0.3, 0.4) is 0 Å². The Morgan fingerprint density at radius 2 is 2.29 bits per heavy atom. The van der Waals surface area contributed by atoms with E-state index in [2.05, 4.69) is 4.98 Å². The highest BCUT2D eigenvalue weighted by molar-refractivity contribution is 7.71. The van der Waals surface area contributed by atoms with E-state index in [9.17, 15) is 4.39 Å². The Morgan fingerprint density at radius 3 is 2.93 bits per heavy atom. The van der Waals surface area contributed by atoms with Crippen LogP contribution in [0.1, 0.15) is 5.56 Å². The number of benzene rings is 1. The number of aromatic nitrogens is 2. The van der Waals surface area contributed by atoms with Crippen molar-refractivity contribution in [1.82, 2.24) is 9.55 Å². The van der Waals surface area contributed by atoms with Crippen molar-refractivity contribution in [3.05, 3.63) is 28.3 Å². The fraction of sp³-hybridized carbons (Fsp3) is 0.111. The van der Waals surface area contributed by atoms with Gasteiger partial charge in [-0.05, 0) is 24.4 Å². The third-order valence-electron chi connectivity index (χ3n) is 2.12. The van der Waals surface area contributed by atoms with Crippen LogP contribution in [0.2, 0.25) is 0 Å². The van der Waals surface area contributed by atoms with Crippen molar-refractivity contribution in [2.75, 3.05) is 0 Å². The summed E-state index contributed by atoms with van der Waals surface area (Å²) < 4.78 is 15.6. The molecule has 0 spiro atoms. The number of hydrogen-bond acceptors (Lipinski definition) is 2. The number of nitrogens with one attached hydrogen (secondary N) is 1. The SMILES string of the molecule is Cn1c(=S)[nH]c2ccc(C#N)c(F)c21. The van der Waals surface area contributed by atoms with E-state index in [1.807, 2.05) is 0 Å². The number of aromatic amines is 1. The summed E-state index contributed by atoms with van der Waals surface area (Å²) in [6.07, 6.45) is 0. The van der Waals surface area contributed by atoms with Crippen LogP contribution < -0.4 is 0 Å². The summed E-state index contributed by atoms with van der Waals surface area (Å²) in [5.74, 6) is -0.528. The molecule has 0 atom stereocenters. The lowest BCUT2D eigenvalue weighted by molar-refractivity contribution is 0.628. The lowest BCUT2D eigenvalue weighted by Gasteiger charge is -1.97. The van der Waals surface area contributed by atoms with Gasteiger partial charge in [-0.1, -0.05) is 0 Å². The molecule has 14 heavy (non-hydrogen) atoms. The van der Waals surface area contributed by atoms with Gasteiger partial charge in [-0.2, -0.15) is 5.26 Å². The number of H-pyrrole nitrogens is 1. The highest BCUT2D eigenvalue weighted by Gasteiger charge is 2.10. The maximum Gasteiger partial charge on any atom is 0.177 e. The van der Waals surface area contributed by atoms with Crippen molar-refractivity contribution >= 4 is 23.3 Å². The zero-order valence-electron chi connectivity index (χ0n) is 7.34. The first-order chi connectivity index (χ1) is 6.65. The van der Waals surface area contributed by atoms with Gasteiger partial charge < -0.3 is 9.55 Å². The maximum atomic E-state index is 13.6. The maximum absolute atomic E-state index is 13.6. The summed E-state index contributed by atoms with van der Waals surface area (Å²) in [6.45, 7) is 0. The molecule has 0 radical (unpaired) electrons. The van der Waals surface area contributed by atoms with Crippen molar-refractivity contribution < 1.29 is 4.39 Å². The largest absolute Gasteiger partial charge is 0.330 e. The van der Waals surface area contributed by atoms with Crippen molar-refractivity contribution in [1.29, 1.82) is 5.26 Å². The fourth-order valence-electron chi connectivity index (χ4n) is 1.38. The first kappa shape index (κ1) is 8.91. The smallest absolute Gasteiger partial charge is 0.177 e. The average Bonchev–Trinajstić information content (AvgIpc) is 2.44. The van der Waals surface area contributed by atoms with Gasteiger partial charge in [0.05, 0.1) is 11.1 Å². The van der Waals surface area contributed by atoms with Crippen molar-refractivity contribution in [2.45, 2.75) is 0 Å². The molecular weight excluding hydrogens is 201 g/mol. The minimum absolute atomic E-state index is 0.0297. The first-order valence-corrected chi connectivity index (χ1v) is 4.33. The Bertz CT molecular complexity index is 603. The summed E-state index contributed by atoms with van der Waals surface area (Å²) >= 11 is 4.95. The molecule has 1 aromatic heterocycles. The summed E-state index contributed by atoms with van der Waals surface area (Å²) in [5.41, 5.74) is 0.977. The Labute approximate surface area is 84.4 Å². The summed E-state index contributed by atoms with van der Waals surface area (Å²) in [4.78, 5) is 2.85. The van der Waals surface area contributed by atoms with E-state index < -0.39 is 5.82 Å².